The highest BCUT2D eigenvalue weighted by Gasteiger charge is 2.11. The topological polar surface area (TPSA) is 21.3 Å². The third-order valence-corrected chi connectivity index (χ3v) is 2.79. The highest BCUT2D eigenvalue weighted by atomic mass is 35.5. The van der Waals surface area contributed by atoms with Crippen molar-refractivity contribution in [2.24, 2.45) is 0 Å². The molecule has 0 saturated carbocycles. The highest BCUT2D eigenvalue weighted by molar-refractivity contribution is 6.34. The van der Waals surface area contributed by atoms with E-state index in [-0.39, 0.29) is 6.04 Å². The summed E-state index contributed by atoms with van der Waals surface area (Å²) in [7, 11) is 3.44. The van der Waals surface area contributed by atoms with Gasteiger partial charge in [-0.15, -0.1) is 0 Å². The number of benzene rings is 1. The van der Waals surface area contributed by atoms with E-state index in [2.05, 4.69) is 5.32 Å². The zero-order valence-corrected chi connectivity index (χ0v) is 9.91. The van der Waals surface area contributed by atoms with Crippen LogP contribution in [0.2, 0.25) is 10.0 Å². The second kappa shape index (κ2) is 4.87. The van der Waals surface area contributed by atoms with Gasteiger partial charge in [0.1, 0.15) is 5.75 Å². The molecule has 0 bridgehead atoms. The number of nitrogens with one attached hydrogen (secondary N) is 1. The van der Waals surface area contributed by atoms with Crippen molar-refractivity contribution in [2.45, 2.75) is 13.0 Å². The summed E-state index contributed by atoms with van der Waals surface area (Å²) in [5.74, 6) is 0.601. The summed E-state index contributed by atoms with van der Waals surface area (Å²) in [5, 5.41) is 4.34. The zero-order valence-electron chi connectivity index (χ0n) is 8.40. The first-order valence-corrected chi connectivity index (χ1v) is 5.06. The Morgan fingerprint density at radius 1 is 1.29 bits per heavy atom. The summed E-state index contributed by atoms with van der Waals surface area (Å²) in [4.78, 5) is 0. The fourth-order valence-corrected chi connectivity index (χ4v) is 1.75. The first-order valence-electron chi connectivity index (χ1n) is 4.30. The summed E-state index contributed by atoms with van der Waals surface area (Å²) in [5.41, 5.74) is 0.972. The van der Waals surface area contributed by atoms with Crippen LogP contribution in [0.15, 0.2) is 12.1 Å². The van der Waals surface area contributed by atoms with E-state index in [0.29, 0.717) is 15.8 Å². The van der Waals surface area contributed by atoms with Gasteiger partial charge in [-0.05, 0) is 25.6 Å². The summed E-state index contributed by atoms with van der Waals surface area (Å²) in [6.45, 7) is 2.02. The Morgan fingerprint density at radius 2 is 1.93 bits per heavy atom. The van der Waals surface area contributed by atoms with Crippen LogP contribution >= 0.6 is 23.2 Å². The lowest BCUT2D eigenvalue weighted by atomic mass is 10.1. The molecule has 0 heterocycles. The first-order chi connectivity index (χ1) is 6.60. The number of rotatable bonds is 3. The smallest absolute Gasteiger partial charge is 0.138 e. The molecule has 4 heteroatoms. The molecule has 0 aromatic heterocycles. The van der Waals surface area contributed by atoms with E-state index < -0.39 is 0 Å². The average molecular weight is 234 g/mol. The lowest BCUT2D eigenvalue weighted by molar-refractivity contribution is 0.414. The molecule has 1 aromatic carbocycles. The molecule has 0 spiro atoms. The Morgan fingerprint density at radius 3 is 2.43 bits per heavy atom. The van der Waals surface area contributed by atoms with Crippen molar-refractivity contribution >= 4 is 23.2 Å². The van der Waals surface area contributed by atoms with Gasteiger partial charge in [0.15, 0.2) is 0 Å². The van der Waals surface area contributed by atoms with Crippen molar-refractivity contribution < 1.29 is 4.74 Å². The van der Waals surface area contributed by atoms with E-state index in [0.717, 1.165) is 5.56 Å². The minimum Gasteiger partial charge on any atom is -0.495 e. The standard InChI is InChI=1S/C10H13Cl2NO/c1-6(13-2)7-4-9(12)10(14-3)5-8(7)11/h4-6,13H,1-3H3. The van der Waals surface area contributed by atoms with Gasteiger partial charge in [-0.25, -0.2) is 0 Å². The Kier molecular flexibility index (Phi) is 4.05. The third kappa shape index (κ3) is 2.32. The molecule has 1 aromatic rings. The maximum Gasteiger partial charge on any atom is 0.138 e. The van der Waals surface area contributed by atoms with E-state index in [4.69, 9.17) is 27.9 Å². The van der Waals surface area contributed by atoms with Crippen LogP contribution in [0.1, 0.15) is 18.5 Å². The molecule has 2 nitrogen and oxygen atoms in total. The van der Waals surface area contributed by atoms with Crippen LogP contribution in [0.4, 0.5) is 0 Å². The Balaban J connectivity index is 3.14. The van der Waals surface area contributed by atoms with Crippen molar-refractivity contribution in [1.82, 2.24) is 5.32 Å². The van der Waals surface area contributed by atoms with Crippen LogP contribution in [-0.2, 0) is 0 Å². The summed E-state index contributed by atoms with van der Waals surface area (Å²) in [6, 6.07) is 3.72. The van der Waals surface area contributed by atoms with Crippen molar-refractivity contribution in [2.75, 3.05) is 14.2 Å². The van der Waals surface area contributed by atoms with Gasteiger partial charge in [-0.2, -0.15) is 0 Å². The molecule has 0 aliphatic heterocycles. The SMILES string of the molecule is CNC(C)c1cc(Cl)c(OC)cc1Cl. The van der Waals surface area contributed by atoms with Gasteiger partial charge in [0.05, 0.1) is 12.1 Å². The van der Waals surface area contributed by atoms with Gasteiger partial charge >= 0.3 is 0 Å². The van der Waals surface area contributed by atoms with Crippen molar-refractivity contribution in [3.63, 3.8) is 0 Å². The number of hydrogen-bond donors (Lipinski definition) is 1. The molecule has 1 rings (SSSR count). The first kappa shape index (κ1) is 11.6. The van der Waals surface area contributed by atoms with Crippen LogP contribution < -0.4 is 10.1 Å². The maximum absolute atomic E-state index is 6.08. The largest absolute Gasteiger partial charge is 0.495 e. The molecule has 14 heavy (non-hydrogen) atoms. The van der Waals surface area contributed by atoms with Gasteiger partial charge < -0.3 is 10.1 Å². The number of halogens is 2. The lowest BCUT2D eigenvalue weighted by Gasteiger charge is -2.14. The van der Waals surface area contributed by atoms with Crippen LogP contribution in [0, 0.1) is 0 Å². The molecule has 0 aliphatic rings. The highest BCUT2D eigenvalue weighted by Crippen LogP contribution is 2.33. The molecule has 0 amide bonds. The summed E-state index contributed by atoms with van der Waals surface area (Å²) >= 11 is 12.1. The molecule has 0 fully saturated rings. The van der Waals surface area contributed by atoms with Crippen molar-refractivity contribution in [3.05, 3.63) is 27.7 Å². The number of hydrogen-bond acceptors (Lipinski definition) is 2. The molecule has 1 unspecified atom stereocenters. The Labute approximate surface area is 94.2 Å². The van der Waals surface area contributed by atoms with E-state index in [9.17, 15) is 0 Å². The van der Waals surface area contributed by atoms with E-state index >= 15 is 0 Å². The fraction of sp³-hybridized carbons (Fsp3) is 0.400. The molecule has 0 saturated heterocycles. The molecule has 78 valence electrons. The predicted molar refractivity (Wildman–Crippen MR) is 60.5 cm³/mol. The van der Waals surface area contributed by atoms with Crippen molar-refractivity contribution in [1.29, 1.82) is 0 Å². The quantitative estimate of drug-likeness (QED) is 0.866. The lowest BCUT2D eigenvalue weighted by Crippen LogP contribution is -2.12. The average Bonchev–Trinajstić information content (AvgIpc) is 2.19. The molecule has 0 aliphatic carbocycles. The zero-order chi connectivity index (χ0) is 10.7. The minimum absolute atomic E-state index is 0.172. The number of ether oxygens (including phenoxy) is 1. The van der Waals surface area contributed by atoms with Crippen LogP contribution in [0.25, 0.3) is 0 Å². The molecule has 0 radical (unpaired) electrons. The fourth-order valence-electron chi connectivity index (χ4n) is 1.19. The van der Waals surface area contributed by atoms with Gasteiger partial charge in [0, 0.05) is 17.1 Å². The predicted octanol–water partition coefficient (Wildman–Crippen LogP) is 3.28. The maximum atomic E-state index is 6.08. The van der Waals surface area contributed by atoms with E-state index in [1.807, 2.05) is 20.0 Å². The van der Waals surface area contributed by atoms with Gasteiger partial charge in [0.25, 0.3) is 0 Å². The molecular weight excluding hydrogens is 221 g/mol. The second-order valence-electron chi connectivity index (χ2n) is 3.02. The summed E-state index contributed by atoms with van der Waals surface area (Å²) in [6.07, 6.45) is 0. The minimum atomic E-state index is 0.172. The summed E-state index contributed by atoms with van der Waals surface area (Å²) < 4.78 is 5.06. The van der Waals surface area contributed by atoms with Crippen LogP contribution in [-0.4, -0.2) is 14.2 Å². The van der Waals surface area contributed by atoms with Gasteiger partial charge in [-0.3, -0.25) is 0 Å². The van der Waals surface area contributed by atoms with Crippen LogP contribution in [0.3, 0.4) is 0 Å². The normalized spacial score (nSPS) is 12.6. The van der Waals surface area contributed by atoms with Crippen LogP contribution in [0.5, 0.6) is 5.75 Å². The van der Waals surface area contributed by atoms with Gasteiger partial charge in [-0.1, -0.05) is 23.2 Å². The molecule has 1 N–H and O–H groups in total. The second-order valence-corrected chi connectivity index (χ2v) is 3.83. The monoisotopic (exact) mass is 233 g/mol. The third-order valence-electron chi connectivity index (χ3n) is 2.17. The van der Waals surface area contributed by atoms with Crippen molar-refractivity contribution in [3.8, 4) is 5.75 Å². The molecule has 1 atom stereocenters. The van der Waals surface area contributed by atoms with Gasteiger partial charge in [0.2, 0.25) is 0 Å². The van der Waals surface area contributed by atoms with E-state index in [1.165, 1.54) is 0 Å². The Hall–Kier alpha value is -0.440. The Bertz CT molecular complexity index is 328. The number of methoxy groups -OCH3 is 1. The molecular formula is C10H13Cl2NO. The van der Waals surface area contributed by atoms with E-state index in [1.54, 1.807) is 13.2 Å².